The van der Waals surface area contributed by atoms with Gasteiger partial charge in [0, 0.05) is 26.4 Å². The summed E-state index contributed by atoms with van der Waals surface area (Å²) in [5.74, 6) is 0. The van der Waals surface area contributed by atoms with Gasteiger partial charge < -0.3 is 14.8 Å². The van der Waals surface area contributed by atoms with Gasteiger partial charge in [-0.15, -0.1) is 0 Å². The van der Waals surface area contributed by atoms with Crippen LogP contribution >= 0.6 is 0 Å². The average Bonchev–Trinajstić information content (AvgIpc) is 2.81. The monoisotopic (exact) mass is 227 g/mol. The molecule has 0 aromatic heterocycles. The Bertz CT molecular complexity index is 191. The van der Waals surface area contributed by atoms with Crippen molar-refractivity contribution >= 4 is 0 Å². The summed E-state index contributed by atoms with van der Waals surface area (Å²) in [4.78, 5) is 0. The molecule has 0 aromatic carbocycles. The summed E-state index contributed by atoms with van der Waals surface area (Å²) < 4.78 is 11.2. The number of ether oxygens (including phenoxy) is 2. The summed E-state index contributed by atoms with van der Waals surface area (Å²) in [7, 11) is 2.06. The molecule has 0 bridgehead atoms. The fourth-order valence-corrected chi connectivity index (χ4v) is 3.03. The Labute approximate surface area is 98.9 Å². The molecule has 0 spiro atoms. The lowest BCUT2D eigenvalue weighted by atomic mass is 9.75. The molecular formula is C13H25NO2. The first-order valence-electron chi connectivity index (χ1n) is 6.69. The van der Waals surface area contributed by atoms with E-state index < -0.39 is 0 Å². The molecule has 1 N–H and O–H groups in total. The van der Waals surface area contributed by atoms with E-state index in [4.69, 9.17) is 9.47 Å². The van der Waals surface area contributed by atoms with E-state index in [1.54, 1.807) is 0 Å². The van der Waals surface area contributed by atoms with Crippen molar-refractivity contribution in [3.63, 3.8) is 0 Å². The van der Waals surface area contributed by atoms with Gasteiger partial charge in [-0.3, -0.25) is 0 Å². The highest BCUT2D eigenvalue weighted by Gasteiger charge is 2.32. The van der Waals surface area contributed by atoms with Crippen LogP contribution in [0.3, 0.4) is 0 Å². The molecule has 1 atom stereocenters. The predicted molar refractivity (Wildman–Crippen MR) is 64.6 cm³/mol. The summed E-state index contributed by atoms with van der Waals surface area (Å²) >= 11 is 0. The first-order chi connectivity index (χ1) is 7.85. The van der Waals surface area contributed by atoms with Gasteiger partial charge in [-0.25, -0.2) is 0 Å². The normalized spacial score (nSPS) is 29.4. The second kappa shape index (κ2) is 5.99. The number of nitrogens with one attached hydrogen (secondary N) is 1. The van der Waals surface area contributed by atoms with Crippen molar-refractivity contribution in [3.8, 4) is 0 Å². The van der Waals surface area contributed by atoms with E-state index in [0.29, 0.717) is 11.5 Å². The molecule has 0 amide bonds. The molecule has 2 aliphatic rings. The van der Waals surface area contributed by atoms with Gasteiger partial charge in [0.1, 0.15) is 0 Å². The van der Waals surface area contributed by atoms with E-state index in [2.05, 4.69) is 12.4 Å². The standard InChI is InChI=1S/C13H25NO2/c1-14-11-13(6-9-15-10-7-13)5-4-12-3-2-8-16-12/h12,14H,2-11H2,1H3. The highest BCUT2D eigenvalue weighted by atomic mass is 16.5. The van der Waals surface area contributed by atoms with Crippen LogP contribution in [-0.4, -0.2) is 39.5 Å². The molecule has 94 valence electrons. The van der Waals surface area contributed by atoms with Crippen molar-refractivity contribution in [2.75, 3.05) is 33.4 Å². The second-order valence-electron chi connectivity index (χ2n) is 5.32. The maximum absolute atomic E-state index is 5.72. The van der Waals surface area contributed by atoms with Crippen LogP contribution < -0.4 is 5.32 Å². The predicted octanol–water partition coefficient (Wildman–Crippen LogP) is 1.96. The van der Waals surface area contributed by atoms with E-state index in [9.17, 15) is 0 Å². The Morgan fingerprint density at radius 1 is 1.25 bits per heavy atom. The van der Waals surface area contributed by atoms with Crippen LogP contribution in [-0.2, 0) is 9.47 Å². The molecule has 2 rings (SSSR count). The Morgan fingerprint density at radius 3 is 2.69 bits per heavy atom. The lowest BCUT2D eigenvalue weighted by Crippen LogP contribution is -2.38. The molecule has 0 aliphatic carbocycles. The van der Waals surface area contributed by atoms with Crippen LogP contribution in [0.2, 0.25) is 0 Å². The third kappa shape index (κ3) is 3.19. The summed E-state index contributed by atoms with van der Waals surface area (Å²) in [6.07, 6.45) is 8.01. The molecule has 2 fully saturated rings. The van der Waals surface area contributed by atoms with Crippen LogP contribution in [0.4, 0.5) is 0 Å². The third-order valence-corrected chi connectivity index (χ3v) is 4.13. The van der Waals surface area contributed by atoms with E-state index in [-0.39, 0.29) is 0 Å². The van der Waals surface area contributed by atoms with Crippen LogP contribution in [0.25, 0.3) is 0 Å². The van der Waals surface area contributed by atoms with Crippen LogP contribution in [0.5, 0.6) is 0 Å². The third-order valence-electron chi connectivity index (χ3n) is 4.13. The molecule has 2 aliphatic heterocycles. The summed E-state index contributed by atoms with van der Waals surface area (Å²) in [5.41, 5.74) is 0.471. The minimum atomic E-state index is 0.471. The number of hydrogen-bond donors (Lipinski definition) is 1. The molecule has 1 unspecified atom stereocenters. The van der Waals surface area contributed by atoms with Gasteiger partial charge in [0.05, 0.1) is 6.10 Å². The van der Waals surface area contributed by atoms with Gasteiger partial charge in [0.15, 0.2) is 0 Å². The number of rotatable bonds is 5. The lowest BCUT2D eigenvalue weighted by molar-refractivity contribution is 0.00118. The van der Waals surface area contributed by atoms with Gasteiger partial charge in [-0.2, -0.15) is 0 Å². The van der Waals surface area contributed by atoms with Crippen LogP contribution in [0, 0.1) is 5.41 Å². The largest absolute Gasteiger partial charge is 0.381 e. The molecular weight excluding hydrogens is 202 g/mol. The fourth-order valence-electron chi connectivity index (χ4n) is 3.03. The zero-order valence-electron chi connectivity index (χ0n) is 10.5. The Kier molecular flexibility index (Phi) is 4.62. The Balaban J connectivity index is 1.80. The first-order valence-corrected chi connectivity index (χ1v) is 6.69. The molecule has 2 heterocycles. The zero-order chi connectivity index (χ0) is 11.3. The van der Waals surface area contributed by atoms with E-state index >= 15 is 0 Å². The molecule has 3 heteroatoms. The van der Waals surface area contributed by atoms with Crippen molar-refractivity contribution in [2.45, 2.75) is 44.6 Å². The average molecular weight is 227 g/mol. The molecule has 0 radical (unpaired) electrons. The smallest absolute Gasteiger partial charge is 0.0576 e. The van der Waals surface area contributed by atoms with E-state index in [0.717, 1.165) is 26.4 Å². The lowest BCUT2D eigenvalue weighted by Gasteiger charge is -2.37. The molecule has 0 aromatic rings. The minimum Gasteiger partial charge on any atom is -0.381 e. The van der Waals surface area contributed by atoms with Gasteiger partial charge in [-0.05, 0) is 51.0 Å². The summed E-state index contributed by atoms with van der Waals surface area (Å²) in [5, 5.41) is 3.36. The van der Waals surface area contributed by atoms with Gasteiger partial charge in [0.25, 0.3) is 0 Å². The zero-order valence-corrected chi connectivity index (χ0v) is 10.5. The molecule has 2 saturated heterocycles. The summed E-state index contributed by atoms with van der Waals surface area (Å²) in [6, 6.07) is 0. The maximum Gasteiger partial charge on any atom is 0.0576 e. The van der Waals surface area contributed by atoms with E-state index in [1.807, 2.05) is 0 Å². The van der Waals surface area contributed by atoms with Crippen molar-refractivity contribution in [2.24, 2.45) is 5.41 Å². The molecule has 3 nitrogen and oxygen atoms in total. The van der Waals surface area contributed by atoms with Crippen molar-refractivity contribution in [1.29, 1.82) is 0 Å². The topological polar surface area (TPSA) is 30.5 Å². The van der Waals surface area contributed by atoms with Crippen molar-refractivity contribution < 1.29 is 9.47 Å². The molecule has 0 saturated carbocycles. The fraction of sp³-hybridized carbons (Fsp3) is 1.00. The van der Waals surface area contributed by atoms with E-state index in [1.165, 1.54) is 38.5 Å². The van der Waals surface area contributed by atoms with Gasteiger partial charge in [-0.1, -0.05) is 0 Å². The van der Waals surface area contributed by atoms with Crippen LogP contribution in [0.15, 0.2) is 0 Å². The number of hydrogen-bond acceptors (Lipinski definition) is 3. The second-order valence-corrected chi connectivity index (χ2v) is 5.32. The van der Waals surface area contributed by atoms with Gasteiger partial charge >= 0.3 is 0 Å². The van der Waals surface area contributed by atoms with Crippen LogP contribution in [0.1, 0.15) is 38.5 Å². The van der Waals surface area contributed by atoms with Crippen molar-refractivity contribution in [1.82, 2.24) is 5.32 Å². The molecule has 16 heavy (non-hydrogen) atoms. The maximum atomic E-state index is 5.72. The Morgan fingerprint density at radius 2 is 2.06 bits per heavy atom. The van der Waals surface area contributed by atoms with Crippen molar-refractivity contribution in [3.05, 3.63) is 0 Å². The minimum absolute atomic E-state index is 0.471. The quantitative estimate of drug-likeness (QED) is 0.779. The summed E-state index contributed by atoms with van der Waals surface area (Å²) in [6.45, 7) is 3.98. The first kappa shape index (κ1) is 12.3. The highest BCUT2D eigenvalue weighted by Crippen LogP contribution is 2.36. The Hall–Kier alpha value is -0.120. The SMILES string of the molecule is CNCC1(CCC2CCCO2)CCOCC1. The highest BCUT2D eigenvalue weighted by molar-refractivity contribution is 4.85. The van der Waals surface area contributed by atoms with Gasteiger partial charge in [0.2, 0.25) is 0 Å².